The molecule has 0 saturated heterocycles. The van der Waals surface area contributed by atoms with Gasteiger partial charge < -0.3 is 5.73 Å². The number of aryl methyl sites for hydroxylation is 2. The molecule has 2 rings (SSSR count). The van der Waals surface area contributed by atoms with Crippen LogP contribution in [0.1, 0.15) is 11.1 Å². The third-order valence-electron chi connectivity index (χ3n) is 2.39. The SMILES string of the molecule is Cc1ccc(-c2nc(N)nc(Cl)n2)cc1C. The number of hydrogen-bond donors (Lipinski definition) is 1. The van der Waals surface area contributed by atoms with Crippen LogP contribution in [0, 0.1) is 13.8 Å². The van der Waals surface area contributed by atoms with E-state index in [1.165, 1.54) is 11.1 Å². The summed E-state index contributed by atoms with van der Waals surface area (Å²) in [5.74, 6) is 0.633. The standard InChI is InChI=1S/C11H11ClN4/c1-6-3-4-8(5-7(6)2)9-14-10(12)16-11(13)15-9/h3-5H,1-2H3,(H2,13,14,15,16). The Morgan fingerprint density at radius 2 is 1.81 bits per heavy atom. The molecule has 0 unspecified atom stereocenters. The van der Waals surface area contributed by atoms with Crippen molar-refractivity contribution in [1.82, 2.24) is 15.0 Å². The third-order valence-corrected chi connectivity index (χ3v) is 2.56. The normalized spacial score (nSPS) is 10.4. The topological polar surface area (TPSA) is 64.7 Å². The second-order valence-electron chi connectivity index (χ2n) is 3.59. The van der Waals surface area contributed by atoms with Crippen molar-refractivity contribution in [2.24, 2.45) is 0 Å². The Hall–Kier alpha value is -1.68. The van der Waals surface area contributed by atoms with Crippen molar-refractivity contribution >= 4 is 17.5 Å². The average Bonchev–Trinajstić information content (AvgIpc) is 2.20. The molecule has 0 atom stereocenters. The molecule has 16 heavy (non-hydrogen) atoms. The van der Waals surface area contributed by atoms with Crippen LogP contribution in [-0.4, -0.2) is 15.0 Å². The first-order chi connectivity index (χ1) is 7.56. The van der Waals surface area contributed by atoms with E-state index in [0.29, 0.717) is 5.82 Å². The fourth-order valence-electron chi connectivity index (χ4n) is 1.38. The summed E-state index contributed by atoms with van der Waals surface area (Å²) in [6.45, 7) is 4.08. The number of hydrogen-bond acceptors (Lipinski definition) is 4. The number of aromatic nitrogens is 3. The molecule has 0 aliphatic carbocycles. The van der Waals surface area contributed by atoms with E-state index in [1.54, 1.807) is 0 Å². The van der Waals surface area contributed by atoms with Gasteiger partial charge in [0.15, 0.2) is 5.82 Å². The van der Waals surface area contributed by atoms with E-state index in [4.69, 9.17) is 17.3 Å². The molecule has 0 saturated carbocycles. The number of nitrogen functional groups attached to an aromatic ring is 1. The van der Waals surface area contributed by atoms with Gasteiger partial charge in [-0.25, -0.2) is 0 Å². The first kappa shape index (κ1) is 10.8. The summed E-state index contributed by atoms with van der Waals surface area (Å²) in [6, 6.07) is 5.95. The average molecular weight is 235 g/mol. The number of benzene rings is 1. The molecule has 0 radical (unpaired) electrons. The molecule has 0 fully saturated rings. The lowest BCUT2D eigenvalue weighted by molar-refractivity contribution is 1.07. The largest absolute Gasteiger partial charge is 0.368 e. The van der Waals surface area contributed by atoms with Crippen LogP contribution >= 0.6 is 11.6 Å². The van der Waals surface area contributed by atoms with E-state index in [9.17, 15) is 0 Å². The number of nitrogens with zero attached hydrogens (tertiary/aromatic N) is 3. The van der Waals surface area contributed by atoms with Crippen LogP contribution in [-0.2, 0) is 0 Å². The highest BCUT2D eigenvalue weighted by Gasteiger charge is 2.06. The van der Waals surface area contributed by atoms with Gasteiger partial charge in [-0.1, -0.05) is 12.1 Å². The van der Waals surface area contributed by atoms with Gasteiger partial charge in [0.2, 0.25) is 11.2 Å². The van der Waals surface area contributed by atoms with Crippen molar-refractivity contribution in [2.75, 3.05) is 5.73 Å². The lowest BCUT2D eigenvalue weighted by Crippen LogP contribution is -2.00. The molecule has 4 nitrogen and oxygen atoms in total. The van der Waals surface area contributed by atoms with Gasteiger partial charge in [0.25, 0.3) is 0 Å². The van der Waals surface area contributed by atoms with Crippen LogP contribution in [0.3, 0.4) is 0 Å². The van der Waals surface area contributed by atoms with Crippen LogP contribution in [0.4, 0.5) is 5.95 Å². The zero-order valence-electron chi connectivity index (χ0n) is 9.03. The fourth-order valence-corrected chi connectivity index (χ4v) is 1.54. The van der Waals surface area contributed by atoms with Crippen LogP contribution in [0.2, 0.25) is 5.28 Å². The number of rotatable bonds is 1. The minimum Gasteiger partial charge on any atom is -0.368 e. The number of halogens is 1. The van der Waals surface area contributed by atoms with Gasteiger partial charge in [-0.3, -0.25) is 0 Å². The van der Waals surface area contributed by atoms with Crippen molar-refractivity contribution in [1.29, 1.82) is 0 Å². The van der Waals surface area contributed by atoms with E-state index in [1.807, 2.05) is 32.0 Å². The van der Waals surface area contributed by atoms with Gasteiger partial charge in [-0.15, -0.1) is 0 Å². The monoisotopic (exact) mass is 234 g/mol. The summed E-state index contributed by atoms with van der Waals surface area (Å²) in [5, 5.41) is 0.112. The molecule has 2 aromatic rings. The zero-order valence-corrected chi connectivity index (χ0v) is 9.78. The quantitative estimate of drug-likeness (QED) is 0.823. The lowest BCUT2D eigenvalue weighted by atomic mass is 10.1. The summed E-state index contributed by atoms with van der Waals surface area (Å²) < 4.78 is 0. The molecular weight excluding hydrogens is 224 g/mol. The van der Waals surface area contributed by atoms with Gasteiger partial charge in [0.05, 0.1) is 0 Å². The van der Waals surface area contributed by atoms with Crippen LogP contribution in [0.25, 0.3) is 11.4 Å². The van der Waals surface area contributed by atoms with E-state index >= 15 is 0 Å². The molecule has 0 amide bonds. The maximum Gasteiger partial charge on any atom is 0.227 e. The minimum atomic E-state index is 0.112. The third kappa shape index (κ3) is 2.12. The summed E-state index contributed by atoms with van der Waals surface area (Å²) in [4.78, 5) is 11.8. The van der Waals surface area contributed by atoms with Crippen molar-refractivity contribution in [3.8, 4) is 11.4 Å². The number of anilines is 1. The Morgan fingerprint density at radius 3 is 2.44 bits per heavy atom. The Morgan fingerprint density at radius 1 is 1.06 bits per heavy atom. The molecule has 2 N–H and O–H groups in total. The van der Waals surface area contributed by atoms with Crippen molar-refractivity contribution in [2.45, 2.75) is 13.8 Å². The Labute approximate surface area is 98.5 Å². The van der Waals surface area contributed by atoms with Crippen molar-refractivity contribution in [3.63, 3.8) is 0 Å². The highest BCUT2D eigenvalue weighted by atomic mass is 35.5. The molecule has 0 spiro atoms. The van der Waals surface area contributed by atoms with Gasteiger partial charge in [0.1, 0.15) is 0 Å². The minimum absolute atomic E-state index is 0.112. The molecule has 0 aliphatic rings. The number of nitrogens with two attached hydrogens (primary N) is 1. The van der Waals surface area contributed by atoms with E-state index in [0.717, 1.165) is 5.56 Å². The molecule has 82 valence electrons. The van der Waals surface area contributed by atoms with Gasteiger partial charge in [0, 0.05) is 5.56 Å². The van der Waals surface area contributed by atoms with E-state index < -0.39 is 0 Å². The van der Waals surface area contributed by atoms with Gasteiger partial charge in [-0.05, 0) is 42.6 Å². The molecule has 1 heterocycles. The molecule has 1 aromatic carbocycles. The predicted molar refractivity (Wildman–Crippen MR) is 64.2 cm³/mol. The maximum absolute atomic E-state index is 5.73. The summed E-state index contributed by atoms with van der Waals surface area (Å²) in [7, 11) is 0. The Kier molecular flexibility index (Phi) is 2.75. The van der Waals surface area contributed by atoms with Crippen molar-refractivity contribution < 1.29 is 0 Å². The van der Waals surface area contributed by atoms with Crippen molar-refractivity contribution in [3.05, 3.63) is 34.6 Å². The molecule has 1 aromatic heterocycles. The second-order valence-corrected chi connectivity index (χ2v) is 3.92. The first-order valence-corrected chi connectivity index (χ1v) is 5.19. The summed E-state index contributed by atoms with van der Waals surface area (Å²) in [5.41, 5.74) is 8.80. The van der Waals surface area contributed by atoms with Gasteiger partial charge >= 0.3 is 0 Å². The van der Waals surface area contributed by atoms with E-state index in [2.05, 4.69) is 15.0 Å². The van der Waals surface area contributed by atoms with E-state index in [-0.39, 0.29) is 11.2 Å². The Bertz CT molecular complexity index is 519. The molecular formula is C11H11ClN4. The first-order valence-electron chi connectivity index (χ1n) is 4.81. The summed E-state index contributed by atoms with van der Waals surface area (Å²) >= 11 is 5.73. The molecule has 0 bridgehead atoms. The highest BCUT2D eigenvalue weighted by Crippen LogP contribution is 2.20. The predicted octanol–water partition coefficient (Wildman–Crippen LogP) is 2.39. The smallest absolute Gasteiger partial charge is 0.227 e. The summed E-state index contributed by atoms with van der Waals surface area (Å²) in [6.07, 6.45) is 0. The van der Waals surface area contributed by atoms with Crippen LogP contribution < -0.4 is 5.73 Å². The Balaban J connectivity index is 2.54. The molecule has 5 heteroatoms. The zero-order chi connectivity index (χ0) is 11.7. The fraction of sp³-hybridized carbons (Fsp3) is 0.182. The lowest BCUT2D eigenvalue weighted by Gasteiger charge is -2.04. The van der Waals surface area contributed by atoms with Gasteiger partial charge in [-0.2, -0.15) is 15.0 Å². The van der Waals surface area contributed by atoms with Crippen LogP contribution in [0.5, 0.6) is 0 Å². The maximum atomic E-state index is 5.73. The highest BCUT2D eigenvalue weighted by molar-refractivity contribution is 6.28. The van der Waals surface area contributed by atoms with Crippen LogP contribution in [0.15, 0.2) is 18.2 Å². The second kappa shape index (κ2) is 4.06. The molecule has 0 aliphatic heterocycles.